The summed E-state index contributed by atoms with van der Waals surface area (Å²) in [5, 5.41) is 12.5. The first-order chi connectivity index (χ1) is 8.36. The number of nitrogens with one attached hydrogen (secondary N) is 1. The second kappa shape index (κ2) is 6.55. The van der Waals surface area contributed by atoms with Crippen LogP contribution in [0.5, 0.6) is 0 Å². The van der Waals surface area contributed by atoms with Gasteiger partial charge < -0.3 is 10.4 Å². The van der Waals surface area contributed by atoms with Crippen LogP contribution in [0.1, 0.15) is 59.8 Å². The standard InChI is InChI=1S/C15H29NO2/c1-11(2)9-15(7-5-6-8-15)10-16-13(4)12(3)14(17)18/h11-13,16H,5-10H2,1-4H3,(H,17,18). The molecule has 106 valence electrons. The van der Waals surface area contributed by atoms with Crippen LogP contribution in [0, 0.1) is 17.3 Å². The first-order valence-corrected chi connectivity index (χ1v) is 7.32. The molecule has 1 aliphatic carbocycles. The molecule has 2 unspecified atom stereocenters. The van der Waals surface area contributed by atoms with Gasteiger partial charge in [0.2, 0.25) is 0 Å². The quantitative estimate of drug-likeness (QED) is 0.734. The van der Waals surface area contributed by atoms with Crippen LogP contribution in [0.4, 0.5) is 0 Å². The molecule has 0 radical (unpaired) electrons. The van der Waals surface area contributed by atoms with Gasteiger partial charge in [0, 0.05) is 12.6 Å². The van der Waals surface area contributed by atoms with Gasteiger partial charge in [-0.15, -0.1) is 0 Å². The molecule has 2 N–H and O–H groups in total. The van der Waals surface area contributed by atoms with E-state index in [0.717, 1.165) is 12.5 Å². The molecule has 18 heavy (non-hydrogen) atoms. The summed E-state index contributed by atoms with van der Waals surface area (Å²) in [5.41, 5.74) is 0.417. The number of hydrogen-bond acceptors (Lipinski definition) is 2. The molecule has 1 saturated carbocycles. The van der Waals surface area contributed by atoms with Gasteiger partial charge >= 0.3 is 5.97 Å². The summed E-state index contributed by atoms with van der Waals surface area (Å²) in [6.45, 7) is 9.30. The number of carboxylic acid groups (broad SMARTS) is 1. The van der Waals surface area contributed by atoms with Gasteiger partial charge in [-0.25, -0.2) is 0 Å². The van der Waals surface area contributed by atoms with E-state index in [4.69, 9.17) is 5.11 Å². The van der Waals surface area contributed by atoms with Crippen LogP contribution >= 0.6 is 0 Å². The topological polar surface area (TPSA) is 49.3 Å². The van der Waals surface area contributed by atoms with Crippen LogP contribution in [0.3, 0.4) is 0 Å². The molecule has 0 saturated heterocycles. The second-order valence-electron chi connectivity index (χ2n) is 6.60. The fourth-order valence-electron chi connectivity index (χ4n) is 3.21. The Morgan fingerprint density at radius 2 is 1.78 bits per heavy atom. The maximum absolute atomic E-state index is 11.0. The maximum Gasteiger partial charge on any atom is 0.307 e. The molecule has 0 spiro atoms. The van der Waals surface area contributed by atoms with E-state index in [0.29, 0.717) is 5.41 Å². The summed E-state index contributed by atoms with van der Waals surface area (Å²) in [6, 6.07) is 0.0483. The predicted molar refractivity (Wildman–Crippen MR) is 74.6 cm³/mol. The Kier molecular flexibility index (Phi) is 5.64. The SMILES string of the molecule is CC(C)CC1(CNC(C)C(C)C(=O)O)CCCC1. The van der Waals surface area contributed by atoms with E-state index in [1.165, 1.54) is 32.1 Å². The molecule has 1 fully saturated rings. The van der Waals surface area contributed by atoms with Gasteiger partial charge in [0.15, 0.2) is 0 Å². The third-order valence-electron chi connectivity index (χ3n) is 4.44. The third kappa shape index (κ3) is 4.27. The largest absolute Gasteiger partial charge is 0.481 e. The predicted octanol–water partition coefficient (Wildman–Crippen LogP) is 3.29. The minimum absolute atomic E-state index is 0.0483. The van der Waals surface area contributed by atoms with E-state index in [1.54, 1.807) is 6.92 Å². The fourth-order valence-corrected chi connectivity index (χ4v) is 3.21. The molecule has 1 rings (SSSR count). The van der Waals surface area contributed by atoms with E-state index < -0.39 is 5.97 Å². The summed E-state index contributed by atoms with van der Waals surface area (Å²) in [5.74, 6) is -0.307. The lowest BCUT2D eigenvalue weighted by atomic mass is 9.78. The summed E-state index contributed by atoms with van der Waals surface area (Å²) in [6.07, 6.45) is 6.52. The fraction of sp³-hybridized carbons (Fsp3) is 0.933. The zero-order valence-electron chi connectivity index (χ0n) is 12.3. The zero-order valence-corrected chi connectivity index (χ0v) is 12.3. The van der Waals surface area contributed by atoms with Crippen LogP contribution < -0.4 is 5.32 Å². The van der Waals surface area contributed by atoms with Gasteiger partial charge in [0.25, 0.3) is 0 Å². The smallest absolute Gasteiger partial charge is 0.307 e. The first-order valence-electron chi connectivity index (χ1n) is 7.32. The molecule has 0 amide bonds. The van der Waals surface area contributed by atoms with Gasteiger partial charge in [0.05, 0.1) is 5.92 Å². The molecule has 0 aromatic carbocycles. The molecule has 0 aliphatic heterocycles. The molecule has 0 bridgehead atoms. The van der Waals surface area contributed by atoms with E-state index in [-0.39, 0.29) is 12.0 Å². The van der Waals surface area contributed by atoms with Crippen molar-refractivity contribution in [2.24, 2.45) is 17.3 Å². The number of carbonyl (C=O) groups is 1. The van der Waals surface area contributed by atoms with Crippen molar-refractivity contribution < 1.29 is 9.90 Å². The minimum atomic E-state index is -0.709. The highest BCUT2D eigenvalue weighted by atomic mass is 16.4. The van der Waals surface area contributed by atoms with Crippen LogP contribution in [0.25, 0.3) is 0 Å². The molecule has 3 heteroatoms. The summed E-state index contributed by atoms with van der Waals surface area (Å²) in [4.78, 5) is 11.0. The lowest BCUT2D eigenvalue weighted by Gasteiger charge is -2.33. The number of hydrogen-bond donors (Lipinski definition) is 2. The third-order valence-corrected chi connectivity index (χ3v) is 4.44. The zero-order chi connectivity index (χ0) is 13.8. The minimum Gasteiger partial charge on any atom is -0.481 e. The highest BCUT2D eigenvalue weighted by Crippen LogP contribution is 2.42. The Bertz CT molecular complexity index is 270. The highest BCUT2D eigenvalue weighted by Gasteiger charge is 2.35. The second-order valence-corrected chi connectivity index (χ2v) is 6.60. The van der Waals surface area contributed by atoms with Crippen molar-refractivity contribution in [2.75, 3.05) is 6.54 Å². The Labute approximate surface area is 111 Å². The van der Waals surface area contributed by atoms with Crippen molar-refractivity contribution in [1.82, 2.24) is 5.32 Å². The molecule has 2 atom stereocenters. The highest BCUT2D eigenvalue weighted by molar-refractivity contribution is 5.70. The lowest BCUT2D eigenvalue weighted by molar-refractivity contribution is -0.142. The monoisotopic (exact) mass is 255 g/mol. The average molecular weight is 255 g/mol. The van der Waals surface area contributed by atoms with Crippen LogP contribution in [0.15, 0.2) is 0 Å². The molecule has 3 nitrogen and oxygen atoms in total. The number of aliphatic carboxylic acids is 1. The Hall–Kier alpha value is -0.570. The molecular formula is C15H29NO2. The van der Waals surface area contributed by atoms with E-state index in [9.17, 15) is 4.79 Å². The van der Waals surface area contributed by atoms with Gasteiger partial charge in [-0.1, -0.05) is 33.6 Å². The number of carboxylic acids is 1. The van der Waals surface area contributed by atoms with E-state index >= 15 is 0 Å². The Morgan fingerprint density at radius 1 is 1.22 bits per heavy atom. The van der Waals surface area contributed by atoms with E-state index in [1.807, 2.05) is 6.92 Å². The van der Waals surface area contributed by atoms with Crippen molar-refractivity contribution in [3.05, 3.63) is 0 Å². The molecule has 0 aromatic heterocycles. The van der Waals surface area contributed by atoms with Crippen molar-refractivity contribution in [3.8, 4) is 0 Å². The van der Waals surface area contributed by atoms with Crippen molar-refractivity contribution in [2.45, 2.75) is 65.8 Å². The summed E-state index contributed by atoms with van der Waals surface area (Å²) >= 11 is 0. The summed E-state index contributed by atoms with van der Waals surface area (Å²) in [7, 11) is 0. The summed E-state index contributed by atoms with van der Waals surface area (Å²) < 4.78 is 0. The number of rotatable bonds is 7. The van der Waals surface area contributed by atoms with Crippen molar-refractivity contribution >= 4 is 5.97 Å². The van der Waals surface area contributed by atoms with Gasteiger partial charge in [-0.3, -0.25) is 4.79 Å². The first kappa shape index (κ1) is 15.5. The molecule has 1 aliphatic rings. The Morgan fingerprint density at radius 3 is 2.22 bits per heavy atom. The molecular weight excluding hydrogens is 226 g/mol. The normalized spacial score (nSPS) is 22.1. The van der Waals surface area contributed by atoms with Crippen LogP contribution in [-0.2, 0) is 4.79 Å². The van der Waals surface area contributed by atoms with E-state index in [2.05, 4.69) is 19.2 Å². The Balaban J connectivity index is 2.50. The van der Waals surface area contributed by atoms with Gasteiger partial charge in [0.1, 0.15) is 0 Å². The lowest BCUT2D eigenvalue weighted by Crippen LogP contribution is -2.42. The molecule has 0 heterocycles. The van der Waals surface area contributed by atoms with Gasteiger partial charge in [-0.2, -0.15) is 0 Å². The molecule has 0 aromatic rings. The average Bonchev–Trinajstić information content (AvgIpc) is 2.72. The van der Waals surface area contributed by atoms with Crippen LogP contribution in [0.2, 0.25) is 0 Å². The maximum atomic E-state index is 11.0. The van der Waals surface area contributed by atoms with Crippen molar-refractivity contribution in [1.29, 1.82) is 0 Å². The van der Waals surface area contributed by atoms with Crippen LogP contribution in [-0.4, -0.2) is 23.7 Å². The van der Waals surface area contributed by atoms with Crippen molar-refractivity contribution in [3.63, 3.8) is 0 Å². The van der Waals surface area contributed by atoms with Gasteiger partial charge in [-0.05, 0) is 37.5 Å².